The molecule has 1 atom stereocenters. The number of likely N-dealkylation sites (N-methyl/N-ethyl adjacent to an activating group) is 1. The Morgan fingerprint density at radius 2 is 2.00 bits per heavy atom. The van der Waals surface area contributed by atoms with Crippen LogP contribution in [0.3, 0.4) is 0 Å². The summed E-state index contributed by atoms with van der Waals surface area (Å²) in [5, 5.41) is 3.01. The zero-order valence-corrected chi connectivity index (χ0v) is 16.1. The minimum absolute atomic E-state index is 0.0372. The number of carbonyl (C=O) groups excluding carboxylic acids is 1. The fourth-order valence-corrected chi connectivity index (χ4v) is 3.44. The molecule has 5 heteroatoms. The Morgan fingerprint density at radius 1 is 1.19 bits per heavy atom. The number of anilines is 1. The van der Waals surface area contributed by atoms with Crippen LogP contribution in [0.15, 0.2) is 48.5 Å². The van der Waals surface area contributed by atoms with Gasteiger partial charge < -0.3 is 14.8 Å². The van der Waals surface area contributed by atoms with E-state index in [9.17, 15) is 4.79 Å². The standard InChI is InChI=1S/C22H28N2O3/c1-24-14-6-11-19(24)22(25)23-18-12-13-20(26-2)21(16-18)27-15-7-10-17-8-4-3-5-9-17/h3-5,8-9,12-13,16,19H,6-7,10-11,14-15H2,1-2H3,(H,23,25). The van der Waals surface area contributed by atoms with Crippen molar-refractivity contribution in [2.75, 3.05) is 32.6 Å². The van der Waals surface area contributed by atoms with Gasteiger partial charge in [0, 0.05) is 11.8 Å². The molecule has 0 aliphatic carbocycles. The van der Waals surface area contributed by atoms with Crippen molar-refractivity contribution in [1.29, 1.82) is 0 Å². The lowest BCUT2D eigenvalue weighted by atomic mass is 10.1. The van der Waals surface area contributed by atoms with Gasteiger partial charge in [-0.3, -0.25) is 9.69 Å². The Balaban J connectivity index is 1.57. The molecular formula is C22H28N2O3. The summed E-state index contributed by atoms with van der Waals surface area (Å²) in [6, 6.07) is 15.8. The molecule has 144 valence electrons. The van der Waals surface area contributed by atoms with Crippen molar-refractivity contribution in [1.82, 2.24) is 4.90 Å². The van der Waals surface area contributed by atoms with E-state index in [0.29, 0.717) is 18.1 Å². The van der Waals surface area contributed by atoms with E-state index in [2.05, 4.69) is 22.3 Å². The molecule has 0 bridgehead atoms. The molecule has 27 heavy (non-hydrogen) atoms. The summed E-state index contributed by atoms with van der Waals surface area (Å²) < 4.78 is 11.3. The quantitative estimate of drug-likeness (QED) is 0.721. The van der Waals surface area contributed by atoms with Crippen molar-refractivity contribution in [3.63, 3.8) is 0 Å². The van der Waals surface area contributed by atoms with Gasteiger partial charge in [-0.1, -0.05) is 30.3 Å². The van der Waals surface area contributed by atoms with Crippen molar-refractivity contribution in [2.45, 2.75) is 31.7 Å². The Hall–Kier alpha value is -2.53. The van der Waals surface area contributed by atoms with Gasteiger partial charge in [0.05, 0.1) is 19.8 Å². The van der Waals surface area contributed by atoms with Crippen molar-refractivity contribution < 1.29 is 14.3 Å². The highest BCUT2D eigenvalue weighted by atomic mass is 16.5. The molecule has 1 aliphatic heterocycles. The summed E-state index contributed by atoms with van der Waals surface area (Å²) in [7, 11) is 3.62. The highest BCUT2D eigenvalue weighted by molar-refractivity contribution is 5.95. The van der Waals surface area contributed by atoms with Gasteiger partial charge in [0.1, 0.15) is 0 Å². The average Bonchev–Trinajstić information content (AvgIpc) is 3.12. The normalized spacial score (nSPS) is 16.9. The zero-order valence-electron chi connectivity index (χ0n) is 16.1. The topological polar surface area (TPSA) is 50.8 Å². The van der Waals surface area contributed by atoms with Crippen LogP contribution in [0.1, 0.15) is 24.8 Å². The second-order valence-corrected chi connectivity index (χ2v) is 6.93. The maximum Gasteiger partial charge on any atom is 0.241 e. The third-order valence-electron chi connectivity index (χ3n) is 4.96. The number of amides is 1. The SMILES string of the molecule is COc1ccc(NC(=O)C2CCCN2C)cc1OCCCc1ccccc1. The molecule has 2 aromatic rings. The smallest absolute Gasteiger partial charge is 0.241 e. The third-order valence-corrected chi connectivity index (χ3v) is 4.96. The fraction of sp³-hybridized carbons (Fsp3) is 0.409. The first-order chi connectivity index (χ1) is 13.2. The molecule has 1 heterocycles. The largest absolute Gasteiger partial charge is 0.493 e. The van der Waals surface area contributed by atoms with E-state index in [0.717, 1.165) is 37.9 Å². The number of nitrogens with zero attached hydrogens (tertiary/aromatic N) is 1. The molecule has 2 aromatic carbocycles. The molecule has 1 unspecified atom stereocenters. The second-order valence-electron chi connectivity index (χ2n) is 6.93. The lowest BCUT2D eigenvalue weighted by Crippen LogP contribution is -2.37. The van der Waals surface area contributed by atoms with Crippen LogP contribution in [0, 0.1) is 0 Å². The number of benzene rings is 2. The van der Waals surface area contributed by atoms with E-state index in [4.69, 9.17) is 9.47 Å². The van der Waals surface area contributed by atoms with Crippen molar-refractivity contribution in [3.8, 4) is 11.5 Å². The van der Waals surface area contributed by atoms with Crippen LogP contribution in [0.4, 0.5) is 5.69 Å². The zero-order chi connectivity index (χ0) is 19.1. The second kappa shape index (κ2) is 9.42. The first-order valence-electron chi connectivity index (χ1n) is 9.53. The summed E-state index contributed by atoms with van der Waals surface area (Å²) >= 11 is 0. The molecule has 0 aromatic heterocycles. The van der Waals surface area contributed by atoms with Gasteiger partial charge in [0.15, 0.2) is 11.5 Å². The Kier molecular flexibility index (Phi) is 6.71. The summed E-state index contributed by atoms with van der Waals surface area (Å²) in [6.45, 7) is 1.56. The molecule has 3 rings (SSSR count). The van der Waals surface area contributed by atoms with Gasteiger partial charge in [0.25, 0.3) is 0 Å². The van der Waals surface area contributed by atoms with Crippen molar-refractivity contribution in [2.24, 2.45) is 0 Å². The van der Waals surface area contributed by atoms with E-state index in [1.165, 1.54) is 5.56 Å². The molecule has 1 fully saturated rings. The molecule has 1 aliphatic rings. The molecule has 1 N–H and O–H groups in total. The summed E-state index contributed by atoms with van der Waals surface area (Å²) in [6.07, 6.45) is 3.85. The van der Waals surface area contributed by atoms with Crippen LogP contribution >= 0.6 is 0 Å². The van der Waals surface area contributed by atoms with E-state index in [-0.39, 0.29) is 11.9 Å². The lowest BCUT2D eigenvalue weighted by Gasteiger charge is -2.19. The summed E-state index contributed by atoms with van der Waals surface area (Å²) in [5.41, 5.74) is 2.04. The maximum absolute atomic E-state index is 12.5. The van der Waals surface area contributed by atoms with Crippen LogP contribution in [-0.2, 0) is 11.2 Å². The lowest BCUT2D eigenvalue weighted by molar-refractivity contribution is -0.119. The van der Waals surface area contributed by atoms with Crippen LogP contribution in [0.5, 0.6) is 11.5 Å². The molecule has 1 amide bonds. The first kappa shape index (κ1) is 19.2. The number of rotatable bonds is 8. The van der Waals surface area contributed by atoms with Gasteiger partial charge in [-0.2, -0.15) is 0 Å². The number of nitrogens with one attached hydrogen (secondary N) is 1. The highest BCUT2D eigenvalue weighted by Gasteiger charge is 2.27. The molecule has 0 spiro atoms. The van der Waals surface area contributed by atoms with Gasteiger partial charge in [-0.05, 0) is 57.0 Å². The highest BCUT2D eigenvalue weighted by Crippen LogP contribution is 2.31. The molecular weight excluding hydrogens is 340 g/mol. The molecule has 0 radical (unpaired) electrons. The van der Waals surface area contributed by atoms with Gasteiger partial charge >= 0.3 is 0 Å². The van der Waals surface area contributed by atoms with Crippen molar-refractivity contribution >= 4 is 11.6 Å². The van der Waals surface area contributed by atoms with E-state index < -0.39 is 0 Å². The number of methoxy groups -OCH3 is 1. The predicted octanol–water partition coefficient (Wildman–Crippen LogP) is 3.74. The summed E-state index contributed by atoms with van der Waals surface area (Å²) in [5.74, 6) is 1.36. The fourth-order valence-electron chi connectivity index (χ4n) is 3.44. The molecule has 1 saturated heterocycles. The average molecular weight is 368 g/mol. The Bertz CT molecular complexity index is 748. The Labute approximate surface area is 161 Å². The number of hydrogen-bond donors (Lipinski definition) is 1. The van der Waals surface area contributed by atoms with E-state index >= 15 is 0 Å². The number of ether oxygens (including phenoxy) is 2. The monoisotopic (exact) mass is 368 g/mol. The minimum atomic E-state index is -0.0534. The van der Waals surface area contributed by atoms with Crippen molar-refractivity contribution in [3.05, 3.63) is 54.1 Å². The number of carbonyl (C=O) groups is 1. The summed E-state index contributed by atoms with van der Waals surface area (Å²) in [4.78, 5) is 14.6. The van der Waals surface area contributed by atoms with Gasteiger partial charge in [-0.15, -0.1) is 0 Å². The molecule has 0 saturated carbocycles. The van der Waals surface area contributed by atoms with E-state index in [1.54, 1.807) is 7.11 Å². The minimum Gasteiger partial charge on any atom is -0.493 e. The van der Waals surface area contributed by atoms with Crippen LogP contribution in [0.25, 0.3) is 0 Å². The predicted molar refractivity (Wildman–Crippen MR) is 108 cm³/mol. The van der Waals surface area contributed by atoms with Gasteiger partial charge in [0.2, 0.25) is 5.91 Å². The number of hydrogen-bond acceptors (Lipinski definition) is 4. The Morgan fingerprint density at radius 3 is 2.70 bits per heavy atom. The van der Waals surface area contributed by atoms with Crippen LogP contribution in [-0.4, -0.2) is 44.2 Å². The first-order valence-corrected chi connectivity index (χ1v) is 9.53. The van der Waals surface area contributed by atoms with Crippen LogP contribution in [0.2, 0.25) is 0 Å². The number of likely N-dealkylation sites (tertiary alicyclic amines) is 1. The molecule has 5 nitrogen and oxygen atoms in total. The van der Waals surface area contributed by atoms with E-state index in [1.807, 2.05) is 43.4 Å². The van der Waals surface area contributed by atoms with Gasteiger partial charge in [-0.25, -0.2) is 0 Å². The van der Waals surface area contributed by atoms with Crippen LogP contribution < -0.4 is 14.8 Å². The number of aryl methyl sites for hydroxylation is 1. The third kappa shape index (κ3) is 5.23. The maximum atomic E-state index is 12.5.